The smallest absolute Gasteiger partial charge is 0.321 e. The summed E-state index contributed by atoms with van der Waals surface area (Å²) >= 11 is 0. The van der Waals surface area contributed by atoms with Crippen molar-refractivity contribution in [3.8, 4) is 0 Å². The molecule has 2 aromatic rings. The molecule has 1 aliphatic rings. The third-order valence-corrected chi connectivity index (χ3v) is 5.61. The predicted octanol–water partition coefficient (Wildman–Crippen LogP) is 3.43. The lowest BCUT2D eigenvalue weighted by atomic mass is 10.0. The Labute approximate surface area is 138 Å². The van der Waals surface area contributed by atoms with E-state index in [0.29, 0.717) is 27.7 Å². The van der Waals surface area contributed by atoms with E-state index in [4.69, 9.17) is 9.05 Å². The fourth-order valence-electron chi connectivity index (χ4n) is 2.54. The topological polar surface area (TPSA) is 64.6 Å². The zero-order chi connectivity index (χ0) is 17.3. The molecular formula is C17H15FNO4P. The summed E-state index contributed by atoms with van der Waals surface area (Å²) in [6.07, 6.45) is 1.61. The number of carbonyl (C=O) groups is 1. The highest BCUT2D eigenvalue weighted by Crippen LogP contribution is 2.45. The molecule has 0 bridgehead atoms. The van der Waals surface area contributed by atoms with E-state index >= 15 is 0 Å². The van der Waals surface area contributed by atoms with Crippen molar-refractivity contribution in [1.29, 1.82) is 0 Å². The molecule has 5 nitrogen and oxygen atoms in total. The maximum atomic E-state index is 13.5. The van der Waals surface area contributed by atoms with Gasteiger partial charge in [0.1, 0.15) is 5.82 Å². The van der Waals surface area contributed by atoms with Gasteiger partial charge in [0.25, 0.3) is 5.91 Å². The van der Waals surface area contributed by atoms with Gasteiger partial charge in [0.15, 0.2) is 0 Å². The van der Waals surface area contributed by atoms with E-state index < -0.39 is 13.4 Å². The number of nitrogens with one attached hydrogen (secondary N) is 1. The van der Waals surface area contributed by atoms with Crippen LogP contribution in [-0.4, -0.2) is 20.1 Å². The first kappa shape index (κ1) is 16.6. The molecule has 0 saturated heterocycles. The second-order valence-electron chi connectivity index (χ2n) is 5.16. The molecule has 24 heavy (non-hydrogen) atoms. The number of halogens is 1. The molecular weight excluding hydrogens is 332 g/mol. The highest BCUT2D eigenvalue weighted by atomic mass is 31.2. The van der Waals surface area contributed by atoms with Crippen molar-refractivity contribution in [2.24, 2.45) is 0 Å². The summed E-state index contributed by atoms with van der Waals surface area (Å²) in [4.78, 5) is 12.1. The Morgan fingerprint density at radius 2 is 1.88 bits per heavy atom. The van der Waals surface area contributed by atoms with Gasteiger partial charge in [-0.2, -0.15) is 0 Å². The molecule has 0 aliphatic carbocycles. The van der Waals surface area contributed by atoms with E-state index in [0.717, 1.165) is 0 Å². The van der Waals surface area contributed by atoms with Gasteiger partial charge in [0.2, 0.25) is 0 Å². The summed E-state index contributed by atoms with van der Waals surface area (Å²) in [6.45, 7) is 0. The maximum absolute atomic E-state index is 13.5. The molecule has 3 rings (SSSR count). The second-order valence-corrected chi connectivity index (χ2v) is 7.40. The fourth-order valence-corrected chi connectivity index (χ4v) is 3.69. The monoisotopic (exact) mass is 347 g/mol. The molecule has 1 amide bonds. The molecule has 1 aliphatic heterocycles. The summed E-state index contributed by atoms with van der Waals surface area (Å²) in [5, 5.41) is 3.06. The van der Waals surface area contributed by atoms with Gasteiger partial charge in [-0.25, -0.2) is 4.39 Å². The standard InChI is InChI=1S/C17H15FNO4P/c1-22-24(21,23-2)13-5-3-4-11(8-13)9-15-14-10-12(18)6-7-16(14)19-17(15)20/h3-10H,1-2H3,(H,19,20)/b15-9-. The fraction of sp³-hybridized carbons (Fsp3) is 0.118. The van der Waals surface area contributed by atoms with Crippen molar-refractivity contribution < 1.29 is 22.8 Å². The van der Waals surface area contributed by atoms with Gasteiger partial charge in [0.05, 0.1) is 5.30 Å². The number of rotatable bonds is 4. The molecule has 124 valence electrons. The lowest BCUT2D eigenvalue weighted by molar-refractivity contribution is -0.110. The normalized spacial score (nSPS) is 15.5. The van der Waals surface area contributed by atoms with E-state index in [1.807, 2.05) is 0 Å². The van der Waals surface area contributed by atoms with Crippen molar-refractivity contribution in [3.05, 3.63) is 59.4 Å². The van der Waals surface area contributed by atoms with Crippen molar-refractivity contribution in [3.63, 3.8) is 0 Å². The van der Waals surface area contributed by atoms with E-state index in [9.17, 15) is 13.8 Å². The molecule has 7 heteroatoms. The highest BCUT2D eigenvalue weighted by molar-refractivity contribution is 7.62. The minimum atomic E-state index is -3.38. The van der Waals surface area contributed by atoms with Crippen molar-refractivity contribution in [1.82, 2.24) is 0 Å². The van der Waals surface area contributed by atoms with Crippen LogP contribution in [0.4, 0.5) is 10.1 Å². The van der Waals surface area contributed by atoms with Gasteiger partial charge in [-0.05, 0) is 42.0 Å². The van der Waals surface area contributed by atoms with Crippen LogP contribution in [-0.2, 0) is 18.4 Å². The van der Waals surface area contributed by atoms with Crippen LogP contribution < -0.4 is 10.6 Å². The van der Waals surface area contributed by atoms with Crippen molar-refractivity contribution >= 4 is 36.1 Å². The summed E-state index contributed by atoms with van der Waals surface area (Å²) in [7, 11) is -0.775. The third kappa shape index (κ3) is 2.91. The van der Waals surface area contributed by atoms with Crippen LogP contribution >= 0.6 is 7.60 Å². The highest BCUT2D eigenvalue weighted by Gasteiger charge is 2.26. The number of amides is 1. The molecule has 0 spiro atoms. The number of fused-ring (bicyclic) bond motifs is 1. The Morgan fingerprint density at radius 1 is 1.12 bits per heavy atom. The average molecular weight is 347 g/mol. The van der Waals surface area contributed by atoms with Crippen molar-refractivity contribution in [2.45, 2.75) is 0 Å². The number of anilines is 1. The third-order valence-electron chi connectivity index (χ3n) is 3.74. The van der Waals surface area contributed by atoms with Crippen LogP contribution in [0.15, 0.2) is 42.5 Å². The minimum absolute atomic E-state index is 0.317. The quantitative estimate of drug-likeness (QED) is 0.680. The van der Waals surface area contributed by atoms with Crippen molar-refractivity contribution in [2.75, 3.05) is 19.5 Å². The molecule has 1 heterocycles. The first-order chi connectivity index (χ1) is 11.5. The van der Waals surface area contributed by atoms with Gasteiger partial charge in [-0.15, -0.1) is 0 Å². The predicted molar refractivity (Wildman–Crippen MR) is 90.6 cm³/mol. The van der Waals surface area contributed by atoms with Crippen LogP contribution in [0.1, 0.15) is 11.1 Å². The van der Waals surface area contributed by atoms with E-state index in [-0.39, 0.29) is 5.91 Å². The van der Waals surface area contributed by atoms with Crippen LogP contribution in [0.3, 0.4) is 0 Å². The lowest BCUT2D eigenvalue weighted by Crippen LogP contribution is -2.08. The van der Waals surface area contributed by atoms with Gasteiger partial charge >= 0.3 is 7.60 Å². The molecule has 0 unspecified atom stereocenters. The lowest BCUT2D eigenvalue weighted by Gasteiger charge is -2.14. The number of hydrogen-bond donors (Lipinski definition) is 1. The average Bonchev–Trinajstić information content (AvgIpc) is 2.90. The Kier molecular flexibility index (Phi) is 4.37. The van der Waals surface area contributed by atoms with E-state index in [1.54, 1.807) is 30.3 Å². The van der Waals surface area contributed by atoms with Gasteiger partial charge in [-0.3, -0.25) is 9.36 Å². The van der Waals surface area contributed by atoms with E-state index in [1.165, 1.54) is 32.4 Å². The van der Waals surface area contributed by atoms with Gasteiger partial charge in [0, 0.05) is 31.0 Å². The number of carbonyl (C=O) groups excluding carboxylic acids is 1. The zero-order valence-corrected chi connectivity index (χ0v) is 14.0. The SMILES string of the molecule is COP(=O)(OC)c1cccc(/C=C2\C(=O)Nc3ccc(F)cc32)c1. The summed E-state index contributed by atoms with van der Waals surface area (Å²) in [5.41, 5.74) is 2.02. The van der Waals surface area contributed by atoms with Crippen LogP contribution in [0.2, 0.25) is 0 Å². The Balaban J connectivity index is 2.06. The zero-order valence-electron chi connectivity index (χ0n) is 13.1. The first-order valence-corrected chi connectivity index (χ1v) is 8.66. The Bertz CT molecular complexity index is 886. The van der Waals surface area contributed by atoms with Crippen LogP contribution in [0, 0.1) is 5.82 Å². The Morgan fingerprint density at radius 3 is 2.58 bits per heavy atom. The van der Waals surface area contributed by atoms with E-state index in [2.05, 4.69) is 5.32 Å². The molecule has 2 aromatic carbocycles. The number of benzene rings is 2. The molecule has 0 aromatic heterocycles. The number of hydrogen-bond acceptors (Lipinski definition) is 4. The molecule has 0 fully saturated rings. The molecule has 0 radical (unpaired) electrons. The summed E-state index contributed by atoms with van der Waals surface area (Å²) < 4.78 is 35.9. The largest absolute Gasteiger partial charge is 0.360 e. The second kappa shape index (κ2) is 6.32. The first-order valence-electron chi connectivity index (χ1n) is 7.12. The summed E-state index contributed by atoms with van der Waals surface area (Å²) in [5.74, 6) is -0.740. The summed E-state index contributed by atoms with van der Waals surface area (Å²) in [6, 6.07) is 10.8. The van der Waals surface area contributed by atoms with Gasteiger partial charge in [-0.1, -0.05) is 12.1 Å². The molecule has 0 atom stereocenters. The molecule has 1 N–H and O–H groups in total. The van der Waals surface area contributed by atoms with Gasteiger partial charge < -0.3 is 14.4 Å². The molecule has 0 saturated carbocycles. The van der Waals surface area contributed by atoms with Crippen LogP contribution in [0.5, 0.6) is 0 Å². The maximum Gasteiger partial charge on any atom is 0.360 e. The van der Waals surface area contributed by atoms with Crippen LogP contribution in [0.25, 0.3) is 11.6 Å². The minimum Gasteiger partial charge on any atom is -0.321 e. The Hall–Kier alpha value is -2.27.